The molecule has 2 aliphatic rings. The number of aromatic nitrogens is 3. The summed E-state index contributed by atoms with van der Waals surface area (Å²) < 4.78 is 13.2. The van der Waals surface area contributed by atoms with Gasteiger partial charge in [0, 0.05) is 31.3 Å². The third-order valence-electron chi connectivity index (χ3n) is 7.06. The molecule has 8 heteroatoms. The second kappa shape index (κ2) is 6.57. The van der Waals surface area contributed by atoms with Crippen LogP contribution in [0.5, 0.6) is 5.75 Å². The van der Waals surface area contributed by atoms with Gasteiger partial charge in [-0.1, -0.05) is 19.9 Å². The van der Waals surface area contributed by atoms with Crippen molar-refractivity contribution in [2.24, 2.45) is 5.41 Å². The molecule has 0 atom stereocenters. The molecule has 4 heterocycles. The van der Waals surface area contributed by atoms with Gasteiger partial charge in [0.25, 0.3) is 5.91 Å². The molecule has 0 saturated carbocycles. The molecule has 8 nitrogen and oxygen atoms in total. The Balaban J connectivity index is 1.46. The van der Waals surface area contributed by atoms with Crippen LogP contribution < -0.4 is 10.5 Å². The van der Waals surface area contributed by atoms with Gasteiger partial charge in [0.05, 0.1) is 12.7 Å². The minimum atomic E-state index is -0.121. The van der Waals surface area contributed by atoms with E-state index in [0.717, 1.165) is 31.3 Å². The molecule has 1 spiro atoms. The maximum atomic E-state index is 13.2. The van der Waals surface area contributed by atoms with Gasteiger partial charge in [-0.2, -0.15) is 0 Å². The van der Waals surface area contributed by atoms with Gasteiger partial charge in [-0.3, -0.25) is 9.20 Å². The molecule has 0 aliphatic carbocycles. The average molecular weight is 409 g/mol. The summed E-state index contributed by atoms with van der Waals surface area (Å²) in [5, 5.41) is 0.793. The largest absolute Gasteiger partial charge is 0.494 e. The normalized spacial score (nSPS) is 20.3. The lowest BCUT2D eigenvalue weighted by molar-refractivity contribution is -0.0872. The summed E-state index contributed by atoms with van der Waals surface area (Å²) in [5.41, 5.74) is 7.80. The highest BCUT2D eigenvalue weighted by Gasteiger charge is 2.51. The first-order valence-electron chi connectivity index (χ1n) is 10.4. The monoisotopic (exact) mass is 409 g/mol. The fourth-order valence-electron chi connectivity index (χ4n) is 4.98. The van der Waals surface area contributed by atoms with Crippen molar-refractivity contribution in [3.05, 3.63) is 30.1 Å². The van der Waals surface area contributed by atoms with E-state index in [1.54, 1.807) is 17.7 Å². The van der Waals surface area contributed by atoms with Gasteiger partial charge in [-0.25, -0.2) is 9.97 Å². The van der Waals surface area contributed by atoms with Gasteiger partial charge in [0.1, 0.15) is 22.6 Å². The molecule has 30 heavy (non-hydrogen) atoms. The predicted molar refractivity (Wildman–Crippen MR) is 114 cm³/mol. The summed E-state index contributed by atoms with van der Waals surface area (Å²) in [5.74, 6) is 0.810. The Bertz CT molecular complexity index is 1140. The Morgan fingerprint density at radius 1 is 1.20 bits per heavy atom. The van der Waals surface area contributed by atoms with Crippen molar-refractivity contribution in [1.29, 1.82) is 0 Å². The number of benzene rings is 1. The molecular formula is C22H27N5O3. The number of anilines is 1. The van der Waals surface area contributed by atoms with E-state index >= 15 is 0 Å². The Labute approximate surface area is 175 Å². The number of nitrogens with two attached hydrogens (primary N) is 1. The first-order chi connectivity index (χ1) is 14.4. The lowest BCUT2D eigenvalue weighted by Gasteiger charge is -2.46. The zero-order valence-corrected chi connectivity index (χ0v) is 17.6. The van der Waals surface area contributed by atoms with Crippen LogP contribution in [0.4, 0.5) is 5.95 Å². The van der Waals surface area contributed by atoms with Gasteiger partial charge in [0.2, 0.25) is 5.95 Å². The number of piperidine rings is 1. The molecular weight excluding hydrogens is 382 g/mol. The number of hydrogen-bond donors (Lipinski definition) is 1. The quantitative estimate of drug-likeness (QED) is 0.699. The fraction of sp³-hybridized carbons (Fsp3) is 0.500. The van der Waals surface area contributed by atoms with E-state index in [-0.39, 0.29) is 22.9 Å². The van der Waals surface area contributed by atoms with E-state index in [9.17, 15) is 4.79 Å². The minimum Gasteiger partial charge on any atom is -0.494 e. The Hall–Kier alpha value is -2.87. The summed E-state index contributed by atoms with van der Waals surface area (Å²) >= 11 is 0. The second-order valence-corrected chi connectivity index (χ2v) is 8.92. The SMILES string of the molecule is COc1cccc2c1nc(N)n1cc(C(=O)N3CCC4(CC3)OCCC4(C)C)nc21. The molecule has 1 amide bonds. The number of para-hydroxylation sites is 1. The maximum Gasteiger partial charge on any atom is 0.274 e. The maximum absolute atomic E-state index is 13.2. The van der Waals surface area contributed by atoms with Crippen LogP contribution in [-0.4, -0.2) is 57.6 Å². The van der Waals surface area contributed by atoms with Gasteiger partial charge in [0.15, 0.2) is 0 Å². The summed E-state index contributed by atoms with van der Waals surface area (Å²) in [6.45, 7) is 6.68. The standard InChI is InChI=1S/C22H27N5O3/c1-21(2)9-12-30-22(21)7-10-26(11-8-22)19(28)15-13-27-18(24-15)14-5-4-6-16(29-3)17(14)25-20(27)23/h4-6,13H,7-12H2,1-3H3,(H2,23,25). The zero-order valence-electron chi connectivity index (χ0n) is 17.6. The Kier molecular flexibility index (Phi) is 4.18. The molecule has 158 valence electrons. The molecule has 0 radical (unpaired) electrons. The number of fused-ring (bicyclic) bond motifs is 3. The van der Waals surface area contributed by atoms with E-state index < -0.39 is 0 Å². The summed E-state index contributed by atoms with van der Waals surface area (Å²) in [7, 11) is 1.59. The molecule has 2 N–H and O–H groups in total. The van der Waals surface area contributed by atoms with Gasteiger partial charge >= 0.3 is 0 Å². The number of ether oxygens (including phenoxy) is 2. The number of likely N-dealkylation sites (tertiary alicyclic amines) is 1. The number of nitrogen functional groups attached to an aromatic ring is 1. The number of methoxy groups -OCH3 is 1. The second-order valence-electron chi connectivity index (χ2n) is 8.92. The third kappa shape index (κ3) is 2.66. The van der Waals surface area contributed by atoms with Crippen molar-refractivity contribution in [1.82, 2.24) is 19.3 Å². The van der Waals surface area contributed by atoms with Crippen LogP contribution in [0.15, 0.2) is 24.4 Å². The van der Waals surface area contributed by atoms with Crippen molar-refractivity contribution in [2.45, 2.75) is 38.7 Å². The molecule has 0 bridgehead atoms. The van der Waals surface area contributed by atoms with Crippen LogP contribution in [0.1, 0.15) is 43.6 Å². The van der Waals surface area contributed by atoms with Crippen molar-refractivity contribution in [3.63, 3.8) is 0 Å². The number of hydrogen-bond acceptors (Lipinski definition) is 6. The van der Waals surface area contributed by atoms with Crippen LogP contribution in [0.25, 0.3) is 16.6 Å². The Morgan fingerprint density at radius 3 is 2.63 bits per heavy atom. The summed E-state index contributed by atoms with van der Waals surface area (Å²) in [6, 6.07) is 5.62. The molecule has 0 unspecified atom stereocenters. The summed E-state index contributed by atoms with van der Waals surface area (Å²) in [6.07, 6.45) is 4.45. The fourth-order valence-corrected chi connectivity index (χ4v) is 4.98. The number of nitrogens with zero attached hydrogens (tertiary/aromatic N) is 4. The van der Waals surface area contributed by atoms with Crippen molar-refractivity contribution < 1.29 is 14.3 Å². The van der Waals surface area contributed by atoms with Gasteiger partial charge < -0.3 is 20.1 Å². The third-order valence-corrected chi connectivity index (χ3v) is 7.06. The van der Waals surface area contributed by atoms with Crippen molar-refractivity contribution >= 4 is 28.4 Å². The molecule has 1 aromatic carbocycles. The average Bonchev–Trinajstić information content (AvgIpc) is 3.30. The number of imidazole rings is 1. The van der Waals surface area contributed by atoms with Gasteiger partial charge in [-0.15, -0.1) is 0 Å². The van der Waals surface area contributed by atoms with Crippen LogP contribution >= 0.6 is 0 Å². The molecule has 2 aromatic heterocycles. The first kappa shape index (κ1) is 19.1. The lowest BCUT2D eigenvalue weighted by atomic mass is 9.69. The number of carbonyl (C=O) groups excluding carboxylic acids is 1. The van der Waals surface area contributed by atoms with E-state index in [0.29, 0.717) is 35.7 Å². The van der Waals surface area contributed by atoms with E-state index in [1.807, 2.05) is 23.1 Å². The molecule has 5 rings (SSSR count). The van der Waals surface area contributed by atoms with Crippen molar-refractivity contribution in [3.8, 4) is 5.75 Å². The van der Waals surface area contributed by atoms with Crippen LogP contribution in [0.2, 0.25) is 0 Å². The highest BCUT2D eigenvalue weighted by molar-refractivity contribution is 5.99. The van der Waals surface area contributed by atoms with Crippen LogP contribution in [0, 0.1) is 5.41 Å². The number of carbonyl (C=O) groups is 1. The van der Waals surface area contributed by atoms with Crippen molar-refractivity contribution in [2.75, 3.05) is 32.5 Å². The molecule has 2 saturated heterocycles. The number of rotatable bonds is 2. The predicted octanol–water partition coefficient (Wildman–Crippen LogP) is 2.89. The Morgan fingerprint density at radius 2 is 1.97 bits per heavy atom. The minimum absolute atomic E-state index is 0.0835. The van der Waals surface area contributed by atoms with E-state index in [1.165, 1.54) is 0 Å². The molecule has 2 aliphatic heterocycles. The molecule has 2 fully saturated rings. The smallest absolute Gasteiger partial charge is 0.274 e. The van der Waals surface area contributed by atoms with E-state index in [2.05, 4.69) is 23.8 Å². The molecule has 3 aromatic rings. The highest BCUT2D eigenvalue weighted by Crippen LogP contribution is 2.49. The van der Waals surface area contributed by atoms with E-state index in [4.69, 9.17) is 15.2 Å². The first-order valence-corrected chi connectivity index (χ1v) is 10.4. The summed E-state index contributed by atoms with van der Waals surface area (Å²) in [4.78, 5) is 24.2. The lowest BCUT2D eigenvalue weighted by Crippen LogP contribution is -2.52. The highest BCUT2D eigenvalue weighted by atomic mass is 16.5. The topological polar surface area (TPSA) is 95.0 Å². The number of amides is 1. The van der Waals surface area contributed by atoms with Gasteiger partial charge in [-0.05, 0) is 36.8 Å². The van der Waals surface area contributed by atoms with Crippen LogP contribution in [-0.2, 0) is 4.74 Å². The zero-order chi connectivity index (χ0) is 21.1. The van der Waals surface area contributed by atoms with Crippen LogP contribution in [0.3, 0.4) is 0 Å².